The van der Waals surface area contributed by atoms with Gasteiger partial charge in [-0.15, -0.1) is 0 Å². The van der Waals surface area contributed by atoms with Gasteiger partial charge in [-0.2, -0.15) is 0 Å². The molecule has 1 N–H and O–H groups in total. The largest absolute Gasteiger partial charge is 0.351 e. The number of sulfonamides is 1. The fourth-order valence-corrected chi connectivity index (χ4v) is 6.54. The van der Waals surface area contributed by atoms with Gasteiger partial charge in [-0.1, -0.05) is 31.4 Å². The molecule has 27 heavy (non-hydrogen) atoms. The van der Waals surface area contributed by atoms with Crippen molar-refractivity contribution in [1.82, 2.24) is 9.62 Å². The molecule has 3 aliphatic rings. The highest BCUT2D eigenvalue weighted by Crippen LogP contribution is 2.67. The first-order valence-corrected chi connectivity index (χ1v) is 11.9. The van der Waals surface area contributed by atoms with Crippen LogP contribution in [0, 0.1) is 23.2 Å². The van der Waals surface area contributed by atoms with E-state index in [1.165, 1.54) is 12.8 Å². The molecule has 5 nitrogen and oxygen atoms in total. The van der Waals surface area contributed by atoms with E-state index >= 15 is 0 Å². The minimum atomic E-state index is -3.12. The molecule has 0 aromatic heterocycles. The molecule has 1 amide bonds. The van der Waals surface area contributed by atoms with E-state index in [4.69, 9.17) is 11.6 Å². The summed E-state index contributed by atoms with van der Waals surface area (Å²) in [4.78, 5) is 12.5. The molecule has 1 aromatic carbocycles. The molecule has 7 heteroatoms. The van der Waals surface area contributed by atoms with Gasteiger partial charge in [0.25, 0.3) is 5.91 Å². The Morgan fingerprint density at radius 2 is 1.85 bits per heavy atom. The zero-order valence-corrected chi connectivity index (χ0v) is 17.2. The van der Waals surface area contributed by atoms with Gasteiger partial charge in [-0.3, -0.25) is 4.79 Å². The van der Waals surface area contributed by atoms with Gasteiger partial charge in [0.05, 0.1) is 5.75 Å². The number of carbonyl (C=O) groups is 1. The minimum Gasteiger partial charge on any atom is -0.351 e. The maximum atomic E-state index is 12.5. The Bertz CT molecular complexity index is 808. The second-order valence-electron chi connectivity index (χ2n) is 8.42. The number of benzene rings is 1. The lowest BCUT2D eigenvalue weighted by atomic mass is 9.92. The molecule has 0 bridgehead atoms. The minimum absolute atomic E-state index is 0.0812. The van der Waals surface area contributed by atoms with Gasteiger partial charge in [-0.05, 0) is 60.3 Å². The molecular formula is C20H27ClN2O3S. The number of amides is 1. The average molecular weight is 411 g/mol. The molecule has 3 fully saturated rings. The maximum Gasteiger partial charge on any atom is 0.251 e. The Balaban J connectivity index is 1.40. The molecule has 0 radical (unpaired) electrons. The number of rotatable bonds is 8. The Morgan fingerprint density at radius 3 is 2.41 bits per heavy atom. The van der Waals surface area contributed by atoms with Crippen LogP contribution in [0.2, 0.25) is 5.02 Å². The van der Waals surface area contributed by atoms with Gasteiger partial charge >= 0.3 is 0 Å². The van der Waals surface area contributed by atoms with Crippen LogP contribution in [-0.4, -0.2) is 44.0 Å². The van der Waals surface area contributed by atoms with Crippen LogP contribution in [0.25, 0.3) is 0 Å². The molecule has 2 atom stereocenters. The Hall–Kier alpha value is -1.11. The monoisotopic (exact) mass is 410 g/mol. The summed E-state index contributed by atoms with van der Waals surface area (Å²) in [6.07, 6.45) is 4.30. The van der Waals surface area contributed by atoms with Crippen LogP contribution in [0.4, 0.5) is 0 Å². The molecular weight excluding hydrogens is 384 g/mol. The molecule has 2 saturated carbocycles. The first-order chi connectivity index (χ1) is 12.9. The summed E-state index contributed by atoms with van der Waals surface area (Å²) in [6, 6.07) is 6.91. The molecule has 1 heterocycles. The van der Waals surface area contributed by atoms with Crippen molar-refractivity contribution in [3.8, 4) is 0 Å². The van der Waals surface area contributed by atoms with Crippen molar-refractivity contribution < 1.29 is 13.2 Å². The van der Waals surface area contributed by atoms with Crippen LogP contribution in [0.15, 0.2) is 24.3 Å². The fraction of sp³-hybridized carbons (Fsp3) is 0.650. The van der Waals surface area contributed by atoms with Crippen LogP contribution < -0.4 is 5.32 Å². The third-order valence-electron chi connectivity index (χ3n) is 6.56. The summed E-state index contributed by atoms with van der Waals surface area (Å²) in [5, 5.41) is 3.72. The number of fused-ring (bicyclic) bond motifs is 1. The van der Waals surface area contributed by atoms with Crippen LogP contribution in [0.5, 0.6) is 0 Å². The fourth-order valence-electron chi connectivity index (χ4n) is 4.86. The van der Waals surface area contributed by atoms with E-state index in [0.29, 0.717) is 48.5 Å². The first-order valence-electron chi connectivity index (χ1n) is 9.87. The predicted molar refractivity (Wildman–Crippen MR) is 106 cm³/mol. The van der Waals surface area contributed by atoms with Crippen molar-refractivity contribution >= 4 is 27.5 Å². The van der Waals surface area contributed by atoms with Crippen LogP contribution >= 0.6 is 11.6 Å². The molecule has 2 aliphatic carbocycles. The Kier molecular flexibility index (Phi) is 5.02. The quantitative estimate of drug-likeness (QED) is 0.715. The topological polar surface area (TPSA) is 66.5 Å². The van der Waals surface area contributed by atoms with Crippen LogP contribution in [0.1, 0.15) is 43.0 Å². The summed E-state index contributed by atoms with van der Waals surface area (Å²) < 4.78 is 26.4. The molecule has 148 valence electrons. The van der Waals surface area contributed by atoms with E-state index in [1.54, 1.807) is 28.6 Å². The number of piperidine rings is 1. The summed E-state index contributed by atoms with van der Waals surface area (Å²) >= 11 is 5.89. The van der Waals surface area contributed by atoms with Crippen molar-refractivity contribution in [1.29, 1.82) is 0 Å². The second-order valence-corrected chi connectivity index (χ2v) is 10.9. The van der Waals surface area contributed by atoms with Crippen LogP contribution in [-0.2, 0) is 10.0 Å². The number of nitrogens with zero attached hydrogens (tertiary/aromatic N) is 1. The predicted octanol–water partition coefficient (Wildman–Crippen LogP) is 3.16. The molecule has 1 aliphatic heterocycles. The van der Waals surface area contributed by atoms with Crippen molar-refractivity contribution in [2.24, 2.45) is 23.2 Å². The zero-order chi connectivity index (χ0) is 19.2. The number of hydrogen-bond donors (Lipinski definition) is 1. The average Bonchev–Trinajstić information content (AvgIpc) is 3.49. The lowest BCUT2D eigenvalue weighted by Crippen LogP contribution is -2.39. The zero-order valence-electron chi connectivity index (χ0n) is 15.7. The highest BCUT2D eigenvalue weighted by Gasteiger charge is 2.69. The van der Waals surface area contributed by atoms with E-state index in [1.807, 2.05) is 6.92 Å². The van der Waals surface area contributed by atoms with Gasteiger partial charge in [0.1, 0.15) is 0 Å². The van der Waals surface area contributed by atoms with Gasteiger partial charge in [0.2, 0.25) is 10.0 Å². The van der Waals surface area contributed by atoms with E-state index < -0.39 is 10.0 Å². The molecule has 1 aromatic rings. The summed E-state index contributed by atoms with van der Waals surface area (Å²) in [7, 11) is -3.12. The third kappa shape index (κ3) is 3.76. The highest BCUT2D eigenvalue weighted by atomic mass is 35.5. The van der Waals surface area contributed by atoms with Crippen molar-refractivity contribution in [2.45, 2.75) is 32.6 Å². The van der Waals surface area contributed by atoms with Gasteiger partial charge in [0, 0.05) is 30.2 Å². The first kappa shape index (κ1) is 19.2. The van der Waals surface area contributed by atoms with Crippen molar-refractivity contribution in [3.05, 3.63) is 34.9 Å². The summed E-state index contributed by atoms with van der Waals surface area (Å²) in [6.45, 7) is 3.78. The van der Waals surface area contributed by atoms with E-state index in [2.05, 4.69) is 5.32 Å². The van der Waals surface area contributed by atoms with E-state index in [9.17, 15) is 13.2 Å². The van der Waals surface area contributed by atoms with E-state index in [-0.39, 0.29) is 17.1 Å². The Labute approximate surface area is 166 Å². The number of nitrogens with one attached hydrogen (secondary N) is 1. The van der Waals surface area contributed by atoms with Crippen molar-refractivity contribution in [3.63, 3.8) is 0 Å². The molecule has 1 saturated heterocycles. The lowest BCUT2D eigenvalue weighted by Gasteiger charge is -2.27. The van der Waals surface area contributed by atoms with E-state index in [0.717, 1.165) is 12.3 Å². The highest BCUT2D eigenvalue weighted by molar-refractivity contribution is 7.89. The smallest absolute Gasteiger partial charge is 0.251 e. The van der Waals surface area contributed by atoms with Crippen LogP contribution in [0.3, 0.4) is 0 Å². The lowest BCUT2D eigenvalue weighted by molar-refractivity contribution is 0.0937. The molecule has 4 rings (SSSR count). The molecule has 2 unspecified atom stereocenters. The summed E-state index contributed by atoms with van der Waals surface area (Å²) in [5.41, 5.74) is 0.695. The third-order valence-corrected chi connectivity index (χ3v) is 8.82. The number of halogens is 1. The molecule has 0 spiro atoms. The van der Waals surface area contributed by atoms with Gasteiger partial charge < -0.3 is 5.32 Å². The number of carbonyl (C=O) groups excluding carboxylic acids is 1. The van der Waals surface area contributed by atoms with Gasteiger partial charge in [-0.25, -0.2) is 12.7 Å². The van der Waals surface area contributed by atoms with Crippen molar-refractivity contribution in [2.75, 3.05) is 25.4 Å². The normalized spacial score (nSPS) is 30.1. The summed E-state index contributed by atoms with van der Waals surface area (Å²) in [5.74, 6) is 1.67. The standard InChI is InChI=1S/C20H27ClN2O3S/c1-2-9-27(25,26)23-11-17-18(12-23)20(17,10-14-3-4-14)13-22-19(24)15-5-7-16(21)8-6-15/h5-8,14,17-18H,2-4,9-13H2,1H3,(H,22,24). The SMILES string of the molecule is CCCS(=O)(=O)N1CC2C(C1)C2(CNC(=O)c1ccc(Cl)cc1)CC1CC1. The number of hydrogen-bond acceptors (Lipinski definition) is 3. The maximum absolute atomic E-state index is 12.5. The second kappa shape index (κ2) is 7.05. The Morgan fingerprint density at radius 1 is 1.22 bits per heavy atom. The van der Waals surface area contributed by atoms with Gasteiger partial charge in [0.15, 0.2) is 0 Å².